The van der Waals surface area contributed by atoms with Crippen LogP contribution in [-0.2, 0) is 4.74 Å². The van der Waals surface area contributed by atoms with E-state index in [1.54, 1.807) is 12.0 Å². The molecule has 3 aromatic rings. The Bertz CT molecular complexity index is 1250. The quantitative estimate of drug-likeness (QED) is 0.530. The highest BCUT2D eigenvalue weighted by molar-refractivity contribution is 5.90. The van der Waals surface area contributed by atoms with E-state index >= 15 is 0 Å². The number of likely N-dealkylation sites (tertiary alicyclic amines) is 1. The molecule has 3 aliphatic rings. The fraction of sp³-hybridized carbons (Fsp3) is 0.400. The Morgan fingerprint density at radius 1 is 1.06 bits per heavy atom. The monoisotopic (exact) mass is 478 g/mol. The SMILES string of the molecule is COc1ccc2ncnc(OC3CCN(C[C@@H]4CN(c5ccc6c(c5)OCCO6)C(=O)O4)C3)c2c1. The van der Waals surface area contributed by atoms with Crippen LogP contribution < -0.4 is 23.8 Å². The molecular weight excluding hydrogens is 452 g/mol. The summed E-state index contributed by atoms with van der Waals surface area (Å²) in [6.07, 6.45) is 1.80. The van der Waals surface area contributed by atoms with Crippen LogP contribution in [0.4, 0.5) is 10.5 Å². The van der Waals surface area contributed by atoms with E-state index in [2.05, 4.69) is 14.9 Å². The van der Waals surface area contributed by atoms with Gasteiger partial charge in [-0.3, -0.25) is 9.80 Å². The molecule has 10 nitrogen and oxygen atoms in total. The van der Waals surface area contributed by atoms with E-state index < -0.39 is 0 Å². The average Bonchev–Trinajstić information content (AvgIpc) is 3.49. The van der Waals surface area contributed by atoms with Gasteiger partial charge in [0.25, 0.3) is 0 Å². The first-order valence-electron chi connectivity index (χ1n) is 11.7. The van der Waals surface area contributed by atoms with E-state index in [-0.39, 0.29) is 18.3 Å². The van der Waals surface area contributed by atoms with Crippen molar-refractivity contribution < 1.29 is 28.5 Å². The zero-order valence-corrected chi connectivity index (χ0v) is 19.4. The van der Waals surface area contributed by atoms with Crippen molar-refractivity contribution in [3.63, 3.8) is 0 Å². The topological polar surface area (TPSA) is 95.5 Å². The van der Waals surface area contributed by atoms with Crippen LogP contribution in [0.1, 0.15) is 6.42 Å². The van der Waals surface area contributed by atoms with Gasteiger partial charge >= 0.3 is 6.09 Å². The lowest BCUT2D eigenvalue weighted by atomic mass is 10.2. The molecule has 35 heavy (non-hydrogen) atoms. The number of cyclic esters (lactones) is 1. The minimum Gasteiger partial charge on any atom is -0.497 e. The van der Waals surface area contributed by atoms with Crippen LogP contribution in [0.25, 0.3) is 10.9 Å². The van der Waals surface area contributed by atoms with Gasteiger partial charge in [0.2, 0.25) is 5.88 Å². The summed E-state index contributed by atoms with van der Waals surface area (Å²) < 4.78 is 28.5. The second-order valence-corrected chi connectivity index (χ2v) is 8.79. The van der Waals surface area contributed by atoms with Crippen molar-refractivity contribution in [2.75, 3.05) is 51.4 Å². The van der Waals surface area contributed by atoms with Crippen LogP contribution in [-0.4, -0.2) is 79.7 Å². The number of benzene rings is 2. The number of nitrogens with zero attached hydrogens (tertiary/aromatic N) is 4. The molecule has 2 atom stereocenters. The van der Waals surface area contributed by atoms with Gasteiger partial charge in [-0.2, -0.15) is 0 Å². The molecule has 2 fully saturated rings. The number of hydrogen-bond donors (Lipinski definition) is 0. The summed E-state index contributed by atoms with van der Waals surface area (Å²) in [5.41, 5.74) is 1.55. The van der Waals surface area contributed by atoms with E-state index in [9.17, 15) is 4.79 Å². The molecule has 1 unspecified atom stereocenters. The van der Waals surface area contributed by atoms with Crippen molar-refractivity contribution in [3.05, 3.63) is 42.7 Å². The fourth-order valence-corrected chi connectivity index (χ4v) is 4.77. The maximum absolute atomic E-state index is 12.6. The summed E-state index contributed by atoms with van der Waals surface area (Å²) in [7, 11) is 1.63. The Morgan fingerprint density at radius 2 is 1.94 bits per heavy atom. The van der Waals surface area contributed by atoms with E-state index in [4.69, 9.17) is 23.7 Å². The minimum absolute atomic E-state index is 0.00898. The number of methoxy groups -OCH3 is 1. The van der Waals surface area contributed by atoms with Gasteiger partial charge in [-0.15, -0.1) is 0 Å². The number of anilines is 1. The van der Waals surface area contributed by atoms with Gasteiger partial charge in [0.05, 0.1) is 30.2 Å². The van der Waals surface area contributed by atoms with Crippen molar-refractivity contribution in [2.45, 2.75) is 18.6 Å². The zero-order chi connectivity index (χ0) is 23.8. The molecule has 4 heterocycles. The summed E-state index contributed by atoms with van der Waals surface area (Å²) in [5, 5.41) is 0.824. The predicted molar refractivity (Wildman–Crippen MR) is 127 cm³/mol. The first-order valence-corrected chi connectivity index (χ1v) is 11.7. The number of aromatic nitrogens is 2. The van der Waals surface area contributed by atoms with E-state index in [0.717, 1.165) is 41.9 Å². The van der Waals surface area contributed by atoms with E-state index in [1.807, 2.05) is 36.4 Å². The van der Waals surface area contributed by atoms with Crippen molar-refractivity contribution in [2.24, 2.45) is 0 Å². The molecule has 6 rings (SSSR count). The largest absolute Gasteiger partial charge is 0.497 e. The number of hydrogen-bond acceptors (Lipinski definition) is 9. The van der Waals surface area contributed by atoms with E-state index in [1.165, 1.54) is 6.33 Å². The molecule has 1 aromatic heterocycles. The third kappa shape index (κ3) is 4.37. The number of carbonyl (C=O) groups excluding carboxylic acids is 1. The van der Waals surface area contributed by atoms with Crippen LogP contribution in [0.2, 0.25) is 0 Å². The number of ether oxygens (including phenoxy) is 5. The van der Waals surface area contributed by atoms with Gasteiger partial charge in [0, 0.05) is 25.7 Å². The number of carbonyl (C=O) groups is 1. The smallest absolute Gasteiger partial charge is 0.414 e. The van der Waals surface area contributed by atoms with Gasteiger partial charge in [-0.25, -0.2) is 14.8 Å². The first-order chi connectivity index (χ1) is 17.2. The van der Waals surface area contributed by atoms with Gasteiger partial charge in [-0.1, -0.05) is 0 Å². The highest BCUT2D eigenvalue weighted by Gasteiger charge is 2.36. The summed E-state index contributed by atoms with van der Waals surface area (Å²) in [6.45, 7) is 3.74. The standard InChI is InChI=1S/C25H26N4O6/c1-31-17-3-4-21-20(11-17)24(27-15-26-21)34-18-6-7-28(12-18)13-19-14-29(25(30)35-19)16-2-5-22-23(10-16)33-9-8-32-22/h2-5,10-11,15,18-19H,6-9,12-14H2,1H3/t18?,19-/m1/s1. The molecule has 0 spiro atoms. The normalized spacial score (nSPS) is 21.9. The number of amides is 1. The number of fused-ring (bicyclic) bond motifs is 2. The van der Waals surface area contributed by atoms with Crippen molar-refractivity contribution in [3.8, 4) is 23.1 Å². The second kappa shape index (κ2) is 9.10. The Balaban J connectivity index is 1.08. The molecule has 1 amide bonds. The summed E-state index contributed by atoms with van der Waals surface area (Å²) in [6, 6.07) is 11.2. The van der Waals surface area contributed by atoms with Crippen LogP contribution >= 0.6 is 0 Å². The van der Waals surface area contributed by atoms with Gasteiger partial charge in [0.15, 0.2) is 11.5 Å². The molecule has 0 N–H and O–H groups in total. The van der Waals surface area contributed by atoms with Crippen LogP contribution in [0.15, 0.2) is 42.7 Å². The van der Waals surface area contributed by atoms with Gasteiger partial charge < -0.3 is 23.7 Å². The zero-order valence-electron chi connectivity index (χ0n) is 19.4. The van der Waals surface area contributed by atoms with Gasteiger partial charge in [0.1, 0.15) is 37.5 Å². The molecule has 2 aromatic carbocycles. The number of rotatable bonds is 6. The maximum atomic E-state index is 12.6. The highest BCUT2D eigenvalue weighted by atomic mass is 16.6. The molecular formula is C25H26N4O6. The highest BCUT2D eigenvalue weighted by Crippen LogP contribution is 2.35. The molecule has 0 aliphatic carbocycles. The molecule has 10 heteroatoms. The average molecular weight is 479 g/mol. The summed E-state index contributed by atoms with van der Waals surface area (Å²) >= 11 is 0. The Morgan fingerprint density at radius 3 is 2.83 bits per heavy atom. The van der Waals surface area contributed by atoms with Gasteiger partial charge in [-0.05, 0) is 36.8 Å². The molecule has 0 bridgehead atoms. The van der Waals surface area contributed by atoms with E-state index in [0.29, 0.717) is 43.7 Å². The first kappa shape index (κ1) is 21.7. The van der Waals surface area contributed by atoms with Crippen molar-refractivity contribution in [1.29, 1.82) is 0 Å². The van der Waals surface area contributed by atoms with Crippen LogP contribution in [0, 0.1) is 0 Å². The molecule has 182 valence electrons. The lowest BCUT2D eigenvalue weighted by Gasteiger charge is -2.21. The van der Waals surface area contributed by atoms with Crippen molar-refractivity contribution in [1.82, 2.24) is 14.9 Å². The Labute approximate surface area is 202 Å². The Hall–Kier alpha value is -3.79. The molecule has 3 aliphatic heterocycles. The lowest BCUT2D eigenvalue weighted by molar-refractivity contribution is 0.111. The Kier molecular flexibility index (Phi) is 5.65. The lowest BCUT2D eigenvalue weighted by Crippen LogP contribution is -2.34. The molecule has 2 saturated heterocycles. The third-order valence-electron chi connectivity index (χ3n) is 6.49. The maximum Gasteiger partial charge on any atom is 0.414 e. The summed E-state index contributed by atoms with van der Waals surface area (Å²) in [4.78, 5) is 25.2. The molecule has 0 saturated carbocycles. The predicted octanol–water partition coefficient (Wildman–Crippen LogP) is 2.89. The second-order valence-electron chi connectivity index (χ2n) is 8.79. The van der Waals surface area contributed by atoms with Crippen molar-refractivity contribution >= 4 is 22.7 Å². The minimum atomic E-state index is -0.347. The third-order valence-corrected chi connectivity index (χ3v) is 6.49. The van der Waals surface area contributed by atoms with Crippen LogP contribution in [0.5, 0.6) is 23.1 Å². The summed E-state index contributed by atoms with van der Waals surface area (Å²) in [5.74, 6) is 2.63. The fourth-order valence-electron chi connectivity index (χ4n) is 4.77. The molecule has 0 radical (unpaired) electrons. The van der Waals surface area contributed by atoms with Crippen LogP contribution in [0.3, 0.4) is 0 Å².